The number of amides is 2. The average Bonchev–Trinajstić information content (AvgIpc) is 2.89. The molecule has 0 aliphatic rings. The maximum atomic E-state index is 14.1. The molecular formula is C30H32Cl2F3N3O4S. The maximum absolute atomic E-state index is 14.1. The molecule has 0 aliphatic heterocycles. The Hall–Kier alpha value is -3.28. The lowest BCUT2D eigenvalue weighted by Gasteiger charge is -2.35. The molecule has 3 rings (SSSR count). The van der Waals surface area contributed by atoms with E-state index in [0.717, 1.165) is 24.0 Å². The molecule has 13 heteroatoms. The van der Waals surface area contributed by atoms with Gasteiger partial charge < -0.3 is 10.2 Å². The van der Waals surface area contributed by atoms with Crippen LogP contribution in [-0.2, 0) is 38.8 Å². The lowest BCUT2D eigenvalue weighted by Crippen LogP contribution is -2.56. The van der Waals surface area contributed by atoms with E-state index in [0.29, 0.717) is 21.0 Å². The molecular weight excluding hydrogens is 626 g/mol. The summed E-state index contributed by atoms with van der Waals surface area (Å²) in [5.74, 6) is -1.34. The molecule has 0 saturated heterocycles. The van der Waals surface area contributed by atoms with Crippen LogP contribution in [0, 0.1) is 0 Å². The fraction of sp³-hybridized carbons (Fsp3) is 0.333. The molecule has 3 aromatic carbocycles. The molecule has 0 heterocycles. The van der Waals surface area contributed by atoms with Crippen molar-refractivity contribution < 1.29 is 31.2 Å². The number of nitrogens with one attached hydrogen (secondary N) is 1. The summed E-state index contributed by atoms with van der Waals surface area (Å²) < 4.78 is 67.1. The summed E-state index contributed by atoms with van der Waals surface area (Å²) in [5, 5.41) is 2.56. The number of nitrogens with zero attached hydrogens (tertiary/aromatic N) is 2. The normalized spacial score (nSPS) is 12.9. The number of halogens is 5. The molecule has 0 bridgehead atoms. The summed E-state index contributed by atoms with van der Waals surface area (Å²) in [5.41, 5.74) is -1.14. The fourth-order valence-corrected chi connectivity index (χ4v) is 5.58. The van der Waals surface area contributed by atoms with Gasteiger partial charge in [-0.3, -0.25) is 13.9 Å². The largest absolute Gasteiger partial charge is 0.417 e. The minimum atomic E-state index is -4.87. The standard InChI is InChI=1S/C30H32Cl2F3N3O4S/c1-29(2,3)36-28(40)26(16-20-10-6-5-7-11-20)37(18-21-12-8-9-13-24(21)31)27(39)19-38(43(4,41)42)22-14-15-25(32)23(17-22)30(33,34)35/h5-15,17,26H,16,18-19H2,1-4H3,(H,36,40)/t26-/m0/s1. The van der Waals surface area contributed by atoms with Gasteiger partial charge in [0.25, 0.3) is 0 Å². The molecule has 43 heavy (non-hydrogen) atoms. The number of hydrogen-bond donors (Lipinski definition) is 1. The zero-order valence-electron chi connectivity index (χ0n) is 24.0. The smallest absolute Gasteiger partial charge is 0.350 e. The van der Waals surface area contributed by atoms with E-state index in [9.17, 15) is 31.2 Å². The molecule has 0 radical (unpaired) electrons. The van der Waals surface area contributed by atoms with E-state index in [2.05, 4.69) is 5.32 Å². The Morgan fingerprint density at radius 3 is 2.07 bits per heavy atom. The number of anilines is 1. The third-order valence-electron chi connectivity index (χ3n) is 6.29. The molecule has 0 unspecified atom stereocenters. The van der Waals surface area contributed by atoms with Crippen molar-refractivity contribution in [2.24, 2.45) is 0 Å². The third kappa shape index (κ3) is 9.61. The number of sulfonamides is 1. The van der Waals surface area contributed by atoms with Crippen molar-refractivity contribution in [3.05, 3.63) is 99.5 Å². The van der Waals surface area contributed by atoms with Crippen LogP contribution in [0.1, 0.15) is 37.5 Å². The predicted molar refractivity (Wildman–Crippen MR) is 162 cm³/mol. The van der Waals surface area contributed by atoms with Crippen molar-refractivity contribution in [3.8, 4) is 0 Å². The number of carbonyl (C=O) groups excluding carboxylic acids is 2. The van der Waals surface area contributed by atoms with Crippen LogP contribution in [0.2, 0.25) is 10.0 Å². The van der Waals surface area contributed by atoms with Gasteiger partial charge in [-0.2, -0.15) is 13.2 Å². The lowest BCUT2D eigenvalue weighted by atomic mass is 10.0. The van der Waals surface area contributed by atoms with E-state index >= 15 is 0 Å². The first-order valence-electron chi connectivity index (χ1n) is 13.1. The van der Waals surface area contributed by atoms with Crippen molar-refractivity contribution in [3.63, 3.8) is 0 Å². The van der Waals surface area contributed by atoms with Gasteiger partial charge in [-0.1, -0.05) is 71.7 Å². The average molecular weight is 659 g/mol. The molecule has 1 atom stereocenters. The molecule has 2 amide bonds. The topological polar surface area (TPSA) is 86.8 Å². The van der Waals surface area contributed by atoms with E-state index in [1.54, 1.807) is 75.4 Å². The van der Waals surface area contributed by atoms with Gasteiger partial charge >= 0.3 is 6.18 Å². The Morgan fingerprint density at radius 1 is 0.907 bits per heavy atom. The second-order valence-corrected chi connectivity index (χ2v) is 13.7. The van der Waals surface area contributed by atoms with Crippen LogP contribution in [0.25, 0.3) is 0 Å². The highest BCUT2D eigenvalue weighted by atomic mass is 35.5. The monoisotopic (exact) mass is 657 g/mol. The Kier molecular flexibility index (Phi) is 10.8. The second kappa shape index (κ2) is 13.6. The zero-order valence-corrected chi connectivity index (χ0v) is 26.3. The van der Waals surface area contributed by atoms with E-state index in [4.69, 9.17) is 23.2 Å². The molecule has 0 aliphatic carbocycles. The van der Waals surface area contributed by atoms with Crippen molar-refractivity contribution >= 4 is 50.7 Å². The Morgan fingerprint density at radius 2 is 1.51 bits per heavy atom. The molecule has 7 nitrogen and oxygen atoms in total. The van der Waals surface area contributed by atoms with Gasteiger partial charge in [0.05, 0.1) is 22.5 Å². The highest BCUT2D eigenvalue weighted by Crippen LogP contribution is 2.37. The summed E-state index contributed by atoms with van der Waals surface area (Å²) in [4.78, 5) is 29.0. The van der Waals surface area contributed by atoms with E-state index in [1.807, 2.05) is 0 Å². The quantitative estimate of drug-likeness (QED) is 0.276. The molecule has 1 N–H and O–H groups in total. The van der Waals surface area contributed by atoms with Crippen LogP contribution < -0.4 is 9.62 Å². The van der Waals surface area contributed by atoms with Gasteiger partial charge in [-0.25, -0.2) is 8.42 Å². The van der Waals surface area contributed by atoms with Crippen molar-refractivity contribution in [2.45, 2.75) is 51.5 Å². The summed E-state index contributed by atoms with van der Waals surface area (Å²) in [6.07, 6.45) is -4.03. The van der Waals surface area contributed by atoms with Gasteiger partial charge in [-0.05, 0) is 56.2 Å². The van der Waals surface area contributed by atoms with Gasteiger partial charge in [0, 0.05) is 23.5 Å². The third-order valence-corrected chi connectivity index (χ3v) is 8.13. The predicted octanol–water partition coefficient (Wildman–Crippen LogP) is 6.33. The van der Waals surface area contributed by atoms with Gasteiger partial charge in [0.15, 0.2) is 0 Å². The molecule has 0 aromatic heterocycles. The Balaban J connectivity index is 2.13. The molecule has 0 spiro atoms. The fourth-order valence-electron chi connectivity index (χ4n) is 4.32. The number of carbonyl (C=O) groups is 2. The number of hydrogen-bond acceptors (Lipinski definition) is 4. The molecule has 232 valence electrons. The first-order chi connectivity index (χ1) is 19.9. The zero-order chi connectivity index (χ0) is 32.2. The molecule has 0 fully saturated rings. The van der Waals surface area contributed by atoms with Crippen LogP contribution in [0.5, 0.6) is 0 Å². The van der Waals surface area contributed by atoms with Crippen LogP contribution >= 0.6 is 23.2 Å². The number of alkyl halides is 3. The summed E-state index contributed by atoms with van der Waals surface area (Å²) in [6, 6.07) is 17.0. The SMILES string of the molecule is CC(C)(C)NC(=O)[C@H](Cc1ccccc1)N(Cc1ccccc1Cl)C(=O)CN(c1ccc(Cl)c(C(F)(F)F)c1)S(C)(=O)=O. The lowest BCUT2D eigenvalue weighted by molar-refractivity contribution is -0.140. The minimum Gasteiger partial charge on any atom is -0.350 e. The minimum absolute atomic E-state index is 0.0665. The van der Waals surface area contributed by atoms with E-state index in [-0.39, 0.29) is 13.0 Å². The Bertz CT molecular complexity index is 1560. The van der Waals surface area contributed by atoms with Crippen molar-refractivity contribution in [1.29, 1.82) is 0 Å². The summed E-state index contributed by atoms with van der Waals surface area (Å²) in [7, 11) is -4.29. The highest BCUT2D eigenvalue weighted by molar-refractivity contribution is 7.92. The molecule has 3 aromatic rings. The number of rotatable bonds is 10. The molecule has 0 saturated carbocycles. The van der Waals surface area contributed by atoms with Crippen LogP contribution in [0.15, 0.2) is 72.8 Å². The second-order valence-electron chi connectivity index (χ2n) is 11.0. The van der Waals surface area contributed by atoms with Gasteiger partial charge in [-0.15, -0.1) is 0 Å². The van der Waals surface area contributed by atoms with Crippen LogP contribution in [0.4, 0.5) is 18.9 Å². The van der Waals surface area contributed by atoms with E-state index in [1.165, 1.54) is 4.90 Å². The van der Waals surface area contributed by atoms with Gasteiger partial charge in [0.2, 0.25) is 21.8 Å². The highest BCUT2D eigenvalue weighted by Gasteiger charge is 2.37. The van der Waals surface area contributed by atoms with Crippen LogP contribution in [0.3, 0.4) is 0 Å². The number of benzene rings is 3. The van der Waals surface area contributed by atoms with Crippen LogP contribution in [-0.4, -0.2) is 49.5 Å². The first kappa shape index (κ1) is 34.2. The first-order valence-corrected chi connectivity index (χ1v) is 15.7. The van der Waals surface area contributed by atoms with Crippen molar-refractivity contribution in [1.82, 2.24) is 10.2 Å². The maximum Gasteiger partial charge on any atom is 0.417 e. The van der Waals surface area contributed by atoms with Gasteiger partial charge in [0.1, 0.15) is 12.6 Å². The van der Waals surface area contributed by atoms with Crippen molar-refractivity contribution in [2.75, 3.05) is 17.1 Å². The summed E-state index contributed by atoms with van der Waals surface area (Å²) >= 11 is 12.2. The Labute approximate surface area is 259 Å². The summed E-state index contributed by atoms with van der Waals surface area (Å²) in [6.45, 7) is 4.24. The van der Waals surface area contributed by atoms with E-state index < -0.39 is 62.4 Å².